The smallest absolute Gasteiger partial charge is 0.102 e. The number of thiazole rings is 1. The molecule has 0 bridgehead atoms. The SMILES string of the molecule is Cc1nc(C(O)Cc2cc(Br)cs2)cs1. The number of aryl methyl sites for hydroxylation is 1. The van der Waals surface area contributed by atoms with Gasteiger partial charge in [0.05, 0.1) is 10.7 Å². The molecule has 0 aliphatic carbocycles. The summed E-state index contributed by atoms with van der Waals surface area (Å²) in [5.41, 5.74) is 0.780. The monoisotopic (exact) mass is 303 g/mol. The second-order valence-corrected chi connectivity index (χ2v) is 6.22. The van der Waals surface area contributed by atoms with Crippen molar-refractivity contribution >= 4 is 38.6 Å². The summed E-state index contributed by atoms with van der Waals surface area (Å²) in [5, 5.41) is 14.9. The summed E-state index contributed by atoms with van der Waals surface area (Å²) in [6.07, 6.45) is 0.153. The number of hydrogen-bond donors (Lipinski definition) is 1. The zero-order valence-corrected chi connectivity index (χ0v) is 11.3. The van der Waals surface area contributed by atoms with E-state index >= 15 is 0 Å². The van der Waals surface area contributed by atoms with E-state index in [0.717, 1.165) is 15.2 Å². The highest BCUT2D eigenvalue weighted by Crippen LogP contribution is 2.26. The van der Waals surface area contributed by atoms with Crippen molar-refractivity contribution in [2.24, 2.45) is 0 Å². The zero-order valence-electron chi connectivity index (χ0n) is 8.11. The first-order valence-electron chi connectivity index (χ1n) is 4.48. The average Bonchev–Trinajstić information content (AvgIpc) is 2.75. The molecule has 0 fully saturated rings. The van der Waals surface area contributed by atoms with Crippen LogP contribution in [0.15, 0.2) is 21.3 Å². The van der Waals surface area contributed by atoms with Gasteiger partial charge in [-0.2, -0.15) is 0 Å². The van der Waals surface area contributed by atoms with Crippen molar-refractivity contribution in [2.45, 2.75) is 19.4 Å². The topological polar surface area (TPSA) is 33.1 Å². The van der Waals surface area contributed by atoms with Crippen LogP contribution in [-0.4, -0.2) is 10.1 Å². The molecule has 2 rings (SSSR count). The van der Waals surface area contributed by atoms with Gasteiger partial charge in [0.1, 0.15) is 6.10 Å². The Kier molecular flexibility index (Phi) is 3.56. The van der Waals surface area contributed by atoms with Gasteiger partial charge in [0, 0.05) is 26.5 Å². The summed E-state index contributed by atoms with van der Waals surface area (Å²) in [6, 6.07) is 2.03. The summed E-state index contributed by atoms with van der Waals surface area (Å²) in [7, 11) is 0. The molecule has 0 aliphatic heterocycles. The lowest BCUT2D eigenvalue weighted by Gasteiger charge is -2.04. The molecule has 1 atom stereocenters. The average molecular weight is 304 g/mol. The molecule has 80 valence electrons. The molecule has 5 heteroatoms. The molecule has 0 radical (unpaired) electrons. The summed E-state index contributed by atoms with van der Waals surface area (Å²) in [5.74, 6) is 0. The van der Waals surface area contributed by atoms with Crippen LogP contribution in [0, 0.1) is 6.92 Å². The highest BCUT2D eigenvalue weighted by Gasteiger charge is 2.12. The highest BCUT2D eigenvalue weighted by atomic mass is 79.9. The van der Waals surface area contributed by atoms with E-state index in [1.807, 2.05) is 23.8 Å². The van der Waals surface area contributed by atoms with Crippen molar-refractivity contribution < 1.29 is 5.11 Å². The van der Waals surface area contributed by atoms with Crippen molar-refractivity contribution in [2.75, 3.05) is 0 Å². The van der Waals surface area contributed by atoms with Gasteiger partial charge in [-0.15, -0.1) is 22.7 Å². The summed E-state index contributed by atoms with van der Waals surface area (Å²) in [6.45, 7) is 1.95. The minimum Gasteiger partial charge on any atom is -0.386 e. The molecule has 1 unspecified atom stereocenters. The van der Waals surface area contributed by atoms with Crippen molar-refractivity contribution in [1.29, 1.82) is 0 Å². The molecule has 15 heavy (non-hydrogen) atoms. The van der Waals surface area contributed by atoms with Gasteiger partial charge >= 0.3 is 0 Å². The number of hydrogen-bond acceptors (Lipinski definition) is 4. The maximum absolute atomic E-state index is 9.93. The fourth-order valence-electron chi connectivity index (χ4n) is 1.29. The van der Waals surface area contributed by atoms with Crippen molar-refractivity contribution in [3.8, 4) is 0 Å². The Labute approximate surface area is 105 Å². The second kappa shape index (κ2) is 4.74. The van der Waals surface area contributed by atoms with Gasteiger partial charge in [-0.3, -0.25) is 0 Å². The first-order valence-corrected chi connectivity index (χ1v) is 7.03. The van der Waals surface area contributed by atoms with E-state index in [-0.39, 0.29) is 0 Å². The first kappa shape index (κ1) is 11.3. The predicted molar refractivity (Wildman–Crippen MR) is 67.5 cm³/mol. The number of aliphatic hydroxyl groups is 1. The van der Waals surface area contributed by atoms with Gasteiger partial charge in [0.15, 0.2) is 0 Å². The molecule has 2 nitrogen and oxygen atoms in total. The number of rotatable bonds is 3. The molecule has 1 N–H and O–H groups in total. The number of aromatic nitrogens is 1. The van der Waals surface area contributed by atoms with Crippen LogP contribution < -0.4 is 0 Å². The standard InChI is InChI=1S/C10H10BrNOS2/c1-6-12-9(5-14-6)10(13)3-8-2-7(11)4-15-8/h2,4-5,10,13H,3H2,1H3. The van der Waals surface area contributed by atoms with E-state index in [1.165, 1.54) is 4.88 Å². The molecule has 0 aromatic carbocycles. The molecule has 0 amide bonds. The first-order chi connectivity index (χ1) is 7.15. The highest BCUT2D eigenvalue weighted by molar-refractivity contribution is 9.10. The van der Waals surface area contributed by atoms with Crippen molar-refractivity contribution in [3.05, 3.63) is 36.9 Å². The van der Waals surface area contributed by atoms with Gasteiger partial charge in [0.2, 0.25) is 0 Å². The van der Waals surface area contributed by atoms with Crippen LogP contribution >= 0.6 is 38.6 Å². The summed E-state index contributed by atoms with van der Waals surface area (Å²) in [4.78, 5) is 5.44. The number of halogens is 1. The van der Waals surface area contributed by atoms with E-state index in [1.54, 1.807) is 22.7 Å². The van der Waals surface area contributed by atoms with Gasteiger partial charge in [0.25, 0.3) is 0 Å². The van der Waals surface area contributed by atoms with Gasteiger partial charge < -0.3 is 5.11 Å². The summed E-state index contributed by atoms with van der Waals surface area (Å²) < 4.78 is 1.07. The minimum absolute atomic E-state index is 0.486. The second-order valence-electron chi connectivity index (χ2n) is 3.24. The maximum Gasteiger partial charge on any atom is 0.102 e. The lowest BCUT2D eigenvalue weighted by atomic mass is 10.2. The molecule has 2 aromatic heterocycles. The van der Waals surface area contributed by atoms with Crippen LogP contribution in [0.3, 0.4) is 0 Å². The number of thiophene rings is 1. The van der Waals surface area contributed by atoms with Crippen LogP contribution in [-0.2, 0) is 6.42 Å². The fourth-order valence-corrected chi connectivity index (χ4v) is 3.44. The lowest BCUT2D eigenvalue weighted by Crippen LogP contribution is -2.00. The Balaban J connectivity index is 2.06. The minimum atomic E-state index is -0.486. The van der Waals surface area contributed by atoms with Gasteiger partial charge in [-0.05, 0) is 28.9 Å². The molecular formula is C10H10BrNOS2. The Morgan fingerprint density at radius 1 is 1.47 bits per heavy atom. The van der Waals surface area contributed by atoms with Gasteiger partial charge in [-0.25, -0.2) is 4.98 Å². The zero-order chi connectivity index (χ0) is 10.8. The van der Waals surface area contributed by atoms with Crippen LogP contribution in [0.1, 0.15) is 21.7 Å². The van der Waals surface area contributed by atoms with Crippen molar-refractivity contribution in [1.82, 2.24) is 4.98 Å². The van der Waals surface area contributed by atoms with E-state index in [9.17, 15) is 5.11 Å². The third kappa shape index (κ3) is 2.87. The molecule has 2 heterocycles. The van der Waals surface area contributed by atoms with Crippen LogP contribution in [0.5, 0.6) is 0 Å². The van der Waals surface area contributed by atoms with E-state index in [0.29, 0.717) is 6.42 Å². The molecular weight excluding hydrogens is 294 g/mol. The Bertz CT molecular complexity index is 452. The van der Waals surface area contributed by atoms with E-state index in [4.69, 9.17) is 0 Å². The third-order valence-corrected chi connectivity index (χ3v) is 4.51. The predicted octanol–water partition coefficient (Wildman–Crippen LogP) is 3.55. The van der Waals surface area contributed by atoms with Crippen LogP contribution in [0.4, 0.5) is 0 Å². The molecule has 0 aliphatic rings. The van der Waals surface area contributed by atoms with Crippen molar-refractivity contribution in [3.63, 3.8) is 0 Å². The number of nitrogens with zero attached hydrogens (tertiary/aromatic N) is 1. The Morgan fingerprint density at radius 2 is 2.27 bits per heavy atom. The normalized spacial score (nSPS) is 13.0. The Morgan fingerprint density at radius 3 is 2.80 bits per heavy atom. The van der Waals surface area contributed by atoms with Crippen LogP contribution in [0.25, 0.3) is 0 Å². The number of aliphatic hydroxyl groups excluding tert-OH is 1. The molecule has 2 aromatic rings. The fraction of sp³-hybridized carbons (Fsp3) is 0.300. The van der Waals surface area contributed by atoms with E-state index < -0.39 is 6.10 Å². The lowest BCUT2D eigenvalue weighted by molar-refractivity contribution is 0.175. The van der Waals surface area contributed by atoms with E-state index in [2.05, 4.69) is 20.9 Å². The van der Waals surface area contributed by atoms with Crippen LogP contribution in [0.2, 0.25) is 0 Å². The molecule has 0 saturated carbocycles. The Hall–Kier alpha value is -0.230. The third-order valence-electron chi connectivity index (χ3n) is 1.99. The molecule has 0 spiro atoms. The largest absolute Gasteiger partial charge is 0.386 e. The molecule has 0 saturated heterocycles. The van der Waals surface area contributed by atoms with Gasteiger partial charge in [-0.1, -0.05) is 0 Å². The maximum atomic E-state index is 9.93. The summed E-state index contributed by atoms with van der Waals surface area (Å²) >= 11 is 6.62. The quantitative estimate of drug-likeness (QED) is 0.940.